The van der Waals surface area contributed by atoms with Gasteiger partial charge < -0.3 is 5.11 Å². The van der Waals surface area contributed by atoms with Crippen molar-refractivity contribution in [2.24, 2.45) is 0 Å². The Kier molecular flexibility index (Phi) is 3.08. The van der Waals surface area contributed by atoms with E-state index >= 15 is 0 Å². The summed E-state index contributed by atoms with van der Waals surface area (Å²) in [5, 5.41) is 7.33. The molecule has 5 nitrogen and oxygen atoms in total. The maximum absolute atomic E-state index is 13.9. The van der Waals surface area contributed by atoms with Gasteiger partial charge in [0.25, 0.3) is 0 Å². The Balaban J connectivity index is 2.43. The van der Waals surface area contributed by atoms with Crippen molar-refractivity contribution >= 4 is 15.9 Å². The zero-order chi connectivity index (χ0) is 13.3. The van der Waals surface area contributed by atoms with Gasteiger partial charge in [0.2, 0.25) is 15.0 Å². The lowest BCUT2D eigenvalue weighted by Crippen LogP contribution is -2.40. The molecule has 7 heteroatoms. The molecule has 0 bridgehead atoms. The average Bonchev–Trinajstić information content (AvgIpc) is 2.27. The van der Waals surface area contributed by atoms with Crippen LogP contribution in [0.15, 0.2) is 46.1 Å². The van der Waals surface area contributed by atoms with Crippen LogP contribution in [0.5, 0.6) is 0 Å². The maximum Gasteiger partial charge on any atom is 0.411 e. The van der Waals surface area contributed by atoms with E-state index in [0.29, 0.717) is 4.90 Å². The van der Waals surface area contributed by atoms with Gasteiger partial charge in [-0.1, -0.05) is 18.2 Å². The molecule has 2 rings (SSSR count). The van der Waals surface area contributed by atoms with E-state index < -0.39 is 21.1 Å². The third kappa shape index (κ3) is 1.97. The first-order valence-electron chi connectivity index (χ1n) is 5.14. The van der Waals surface area contributed by atoms with Crippen molar-refractivity contribution in [3.8, 4) is 0 Å². The number of carboxylic acid groups (broad SMARTS) is 1. The van der Waals surface area contributed by atoms with Crippen molar-refractivity contribution in [2.45, 2.75) is 11.3 Å². The van der Waals surface area contributed by atoms with Gasteiger partial charge in [0.15, 0.2) is 0 Å². The highest BCUT2D eigenvalue weighted by Crippen LogP contribution is 2.31. The number of likely N-dealkylation sites (tertiary alicyclic amines) is 1. The van der Waals surface area contributed by atoms with Crippen LogP contribution in [0, 0.1) is 0 Å². The fourth-order valence-corrected chi connectivity index (χ4v) is 2.85. The molecular weight excluding hydrogens is 261 g/mol. The number of hydrogen-bond donors (Lipinski definition) is 1. The number of carbonyl (C=O) groups is 1. The molecule has 1 heterocycles. The van der Waals surface area contributed by atoms with E-state index in [1.165, 1.54) is 24.3 Å². The molecule has 1 aliphatic heterocycles. The summed E-state index contributed by atoms with van der Waals surface area (Å²) in [7, 11) is -4.26. The van der Waals surface area contributed by atoms with Crippen molar-refractivity contribution in [1.82, 2.24) is 4.90 Å². The molecule has 1 aliphatic rings. The van der Waals surface area contributed by atoms with E-state index in [9.17, 15) is 17.6 Å². The quantitative estimate of drug-likeness (QED) is 0.892. The molecule has 0 unspecified atom stereocenters. The third-order valence-corrected chi connectivity index (χ3v) is 4.25. The van der Waals surface area contributed by atoms with E-state index in [-0.39, 0.29) is 23.6 Å². The largest absolute Gasteiger partial charge is 0.465 e. The van der Waals surface area contributed by atoms with Gasteiger partial charge in [-0.2, -0.15) is 4.39 Å². The number of sulfone groups is 1. The minimum atomic E-state index is -4.26. The van der Waals surface area contributed by atoms with Crippen LogP contribution in [0.25, 0.3) is 0 Å². The van der Waals surface area contributed by atoms with Gasteiger partial charge >= 0.3 is 6.09 Å². The van der Waals surface area contributed by atoms with Gasteiger partial charge in [0, 0.05) is 13.0 Å². The first kappa shape index (κ1) is 12.6. The van der Waals surface area contributed by atoms with Crippen molar-refractivity contribution in [3.05, 3.63) is 41.2 Å². The number of benzene rings is 1. The van der Waals surface area contributed by atoms with Crippen LogP contribution < -0.4 is 0 Å². The second-order valence-electron chi connectivity index (χ2n) is 3.72. The zero-order valence-electron chi connectivity index (χ0n) is 9.21. The Labute approximate surface area is 103 Å². The predicted octanol–water partition coefficient (Wildman–Crippen LogP) is 1.98. The van der Waals surface area contributed by atoms with E-state index in [0.717, 1.165) is 0 Å². The number of hydrogen-bond acceptors (Lipinski definition) is 3. The number of halogens is 1. The Morgan fingerprint density at radius 3 is 2.33 bits per heavy atom. The molecule has 0 spiro atoms. The lowest BCUT2D eigenvalue weighted by molar-refractivity contribution is 0.139. The van der Waals surface area contributed by atoms with Crippen LogP contribution in [0.1, 0.15) is 6.42 Å². The summed E-state index contributed by atoms with van der Waals surface area (Å²) in [6.45, 7) is 0.113. The van der Waals surface area contributed by atoms with Crippen molar-refractivity contribution < 1.29 is 22.7 Å². The molecule has 1 N–H and O–H groups in total. The molecule has 96 valence electrons. The summed E-state index contributed by atoms with van der Waals surface area (Å²) in [4.78, 5) is 11.2. The predicted molar refractivity (Wildman–Crippen MR) is 61.1 cm³/mol. The maximum atomic E-state index is 13.9. The van der Waals surface area contributed by atoms with Gasteiger partial charge in [-0.25, -0.2) is 13.2 Å². The Bertz CT molecular complexity index is 609. The van der Waals surface area contributed by atoms with Crippen LogP contribution in [0.4, 0.5) is 9.18 Å². The normalized spacial score (nSPS) is 18.2. The minimum Gasteiger partial charge on any atom is -0.465 e. The van der Waals surface area contributed by atoms with Crippen molar-refractivity contribution in [1.29, 1.82) is 0 Å². The molecule has 1 saturated heterocycles. The van der Waals surface area contributed by atoms with Gasteiger partial charge in [0.1, 0.15) is 0 Å². The van der Waals surface area contributed by atoms with E-state index in [4.69, 9.17) is 5.11 Å². The molecule has 0 radical (unpaired) electrons. The van der Waals surface area contributed by atoms with Gasteiger partial charge in [0.05, 0.1) is 10.6 Å². The summed E-state index contributed by atoms with van der Waals surface area (Å²) in [5.41, 5.74) is -0.300. The molecule has 1 amide bonds. The van der Waals surface area contributed by atoms with E-state index in [1.54, 1.807) is 6.07 Å². The van der Waals surface area contributed by atoms with Crippen LogP contribution in [0.2, 0.25) is 0 Å². The minimum absolute atomic E-state index is 0.101. The van der Waals surface area contributed by atoms with Crippen LogP contribution in [-0.4, -0.2) is 31.1 Å². The average molecular weight is 271 g/mol. The molecule has 0 atom stereocenters. The highest BCUT2D eigenvalue weighted by Gasteiger charge is 2.35. The molecule has 18 heavy (non-hydrogen) atoms. The summed E-state index contributed by atoms with van der Waals surface area (Å²) in [6, 6.07) is 7.08. The molecule has 0 aromatic heterocycles. The Morgan fingerprint density at radius 1 is 1.28 bits per heavy atom. The lowest BCUT2D eigenvalue weighted by atomic mass is 10.2. The van der Waals surface area contributed by atoms with E-state index in [2.05, 4.69) is 0 Å². The summed E-state index contributed by atoms with van der Waals surface area (Å²) >= 11 is 0. The number of rotatable bonds is 2. The standard InChI is InChI=1S/C11H10FNO4S/c12-10(9-6-7-13(9)11(14)15)18(16,17)8-4-2-1-3-5-8/h1-5H,6-7H2,(H,14,15)/b10-9-. The van der Waals surface area contributed by atoms with Crippen LogP contribution >= 0.6 is 0 Å². The Hall–Kier alpha value is -1.89. The topological polar surface area (TPSA) is 74.7 Å². The van der Waals surface area contributed by atoms with Crippen LogP contribution in [-0.2, 0) is 9.84 Å². The molecule has 0 aliphatic carbocycles. The monoisotopic (exact) mass is 271 g/mol. The SMILES string of the molecule is O=C(O)N1CC/C1=C(\F)S(=O)(=O)c1ccccc1. The van der Waals surface area contributed by atoms with Crippen LogP contribution in [0.3, 0.4) is 0 Å². The zero-order valence-corrected chi connectivity index (χ0v) is 10.0. The summed E-state index contributed by atoms with van der Waals surface area (Å²) in [6.07, 6.45) is -1.25. The van der Waals surface area contributed by atoms with E-state index in [1.807, 2.05) is 0 Å². The first-order valence-corrected chi connectivity index (χ1v) is 6.62. The van der Waals surface area contributed by atoms with Crippen molar-refractivity contribution in [2.75, 3.05) is 6.54 Å². The molecule has 1 aromatic rings. The fourth-order valence-electron chi connectivity index (χ4n) is 1.61. The number of nitrogens with zero attached hydrogens (tertiary/aromatic N) is 1. The molecule has 0 saturated carbocycles. The highest BCUT2D eigenvalue weighted by molar-refractivity contribution is 7.95. The number of amides is 1. The van der Waals surface area contributed by atoms with Gasteiger partial charge in [-0.3, -0.25) is 4.90 Å². The van der Waals surface area contributed by atoms with Gasteiger partial charge in [-0.15, -0.1) is 0 Å². The molecule has 1 aromatic carbocycles. The fraction of sp³-hybridized carbons (Fsp3) is 0.182. The first-order chi connectivity index (χ1) is 8.44. The van der Waals surface area contributed by atoms with Crippen molar-refractivity contribution in [3.63, 3.8) is 0 Å². The highest BCUT2D eigenvalue weighted by atomic mass is 32.2. The second kappa shape index (κ2) is 4.41. The third-order valence-electron chi connectivity index (χ3n) is 2.65. The summed E-state index contributed by atoms with van der Waals surface area (Å²) < 4.78 is 37.7. The lowest BCUT2D eigenvalue weighted by Gasteiger charge is -2.31. The molecular formula is C11H10FNO4S. The Morgan fingerprint density at radius 2 is 1.89 bits per heavy atom. The smallest absolute Gasteiger partial charge is 0.411 e. The second-order valence-corrected chi connectivity index (χ2v) is 5.56. The summed E-state index contributed by atoms with van der Waals surface area (Å²) in [5.74, 6) is 0. The molecule has 1 fully saturated rings. The van der Waals surface area contributed by atoms with Gasteiger partial charge in [-0.05, 0) is 12.1 Å².